The Morgan fingerprint density at radius 3 is 2.45 bits per heavy atom. The van der Waals surface area contributed by atoms with E-state index in [0.717, 1.165) is 42.7 Å². The number of nitrogens with zero attached hydrogens (tertiary/aromatic N) is 2. The molecule has 7 heteroatoms. The van der Waals surface area contributed by atoms with E-state index in [4.69, 9.17) is 9.15 Å². The van der Waals surface area contributed by atoms with E-state index in [2.05, 4.69) is 4.98 Å². The molecule has 0 saturated heterocycles. The van der Waals surface area contributed by atoms with Crippen LogP contribution in [-0.4, -0.2) is 45.6 Å². The topological polar surface area (TPSA) is 92.9 Å². The standard InChI is InChI=1S/C31H38N2O5/c1-20(2)28(31(35)36)33(30(34)25-10-6-5-7-11-25)18-23-9-8-12-26(17-23)37-19-27-22(4)38-29(32-27)24-15-13-21(3)14-16-24/h5-7,10-11,13-16,20,23,26,28H,8-9,12,17-19H2,1-4H3,(H,35,36). The van der Waals surface area contributed by atoms with Crippen molar-refractivity contribution in [2.75, 3.05) is 6.54 Å². The molecule has 2 aromatic carbocycles. The second-order valence-corrected chi connectivity index (χ2v) is 10.7. The van der Waals surface area contributed by atoms with Crippen molar-refractivity contribution in [2.45, 2.75) is 72.1 Å². The van der Waals surface area contributed by atoms with Crippen LogP contribution in [0.3, 0.4) is 0 Å². The van der Waals surface area contributed by atoms with Crippen molar-refractivity contribution >= 4 is 11.9 Å². The molecule has 1 aromatic heterocycles. The third kappa shape index (κ3) is 6.70. The van der Waals surface area contributed by atoms with Crippen LogP contribution >= 0.6 is 0 Å². The minimum absolute atomic E-state index is 0.0173. The number of hydrogen-bond acceptors (Lipinski definition) is 5. The van der Waals surface area contributed by atoms with E-state index < -0.39 is 12.0 Å². The summed E-state index contributed by atoms with van der Waals surface area (Å²) < 4.78 is 12.2. The van der Waals surface area contributed by atoms with Crippen LogP contribution in [0.2, 0.25) is 0 Å². The van der Waals surface area contributed by atoms with Gasteiger partial charge in [0.15, 0.2) is 0 Å². The van der Waals surface area contributed by atoms with Gasteiger partial charge in [0, 0.05) is 17.7 Å². The van der Waals surface area contributed by atoms with Crippen molar-refractivity contribution in [2.24, 2.45) is 11.8 Å². The average molecular weight is 519 g/mol. The molecule has 1 aliphatic rings. The Hall–Kier alpha value is -3.45. The number of carbonyl (C=O) groups is 2. The van der Waals surface area contributed by atoms with Crippen LogP contribution in [0.4, 0.5) is 0 Å². The minimum atomic E-state index is -0.973. The molecule has 7 nitrogen and oxygen atoms in total. The van der Waals surface area contributed by atoms with Crippen LogP contribution in [0.15, 0.2) is 59.0 Å². The summed E-state index contributed by atoms with van der Waals surface area (Å²) in [5.74, 6) is 0.0625. The summed E-state index contributed by atoms with van der Waals surface area (Å²) in [5, 5.41) is 9.99. The highest BCUT2D eigenvalue weighted by atomic mass is 16.5. The summed E-state index contributed by atoms with van der Waals surface area (Å²) in [6.45, 7) is 8.39. The number of hydrogen-bond donors (Lipinski definition) is 1. The van der Waals surface area contributed by atoms with E-state index in [9.17, 15) is 14.7 Å². The SMILES string of the molecule is Cc1ccc(-c2nc(COC3CCCC(CN(C(=O)c4ccccc4)C(C(=O)O)C(C)C)C3)c(C)o2)cc1. The normalized spacial score (nSPS) is 18.3. The number of amides is 1. The summed E-state index contributed by atoms with van der Waals surface area (Å²) in [4.78, 5) is 31.9. The number of aliphatic carboxylic acids is 1. The lowest BCUT2D eigenvalue weighted by Crippen LogP contribution is -2.50. The molecule has 38 heavy (non-hydrogen) atoms. The zero-order valence-electron chi connectivity index (χ0n) is 22.7. The van der Waals surface area contributed by atoms with E-state index in [1.54, 1.807) is 29.2 Å². The third-order valence-corrected chi connectivity index (χ3v) is 7.34. The molecular formula is C31H38N2O5. The Bertz CT molecular complexity index is 1220. The van der Waals surface area contributed by atoms with Gasteiger partial charge >= 0.3 is 5.97 Å². The summed E-state index contributed by atoms with van der Waals surface area (Å²) in [7, 11) is 0. The van der Waals surface area contributed by atoms with E-state index in [0.29, 0.717) is 24.6 Å². The number of oxazole rings is 1. The lowest BCUT2D eigenvalue weighted by Gasteiger charge is -2.37. The number of aryl methyl sites for hydroxylation is 2. The molecule has 202 valence electrons. The van der Waals surface area contributed by atoms with Gasteiger partial charge in [-0.2, -0.15) is 0 Å². The molecule has 1 amide bonds. The first-order valence-corrected chi connectivity index (χ1v) is 13.5. The number of aromatic nitrogens is 1. The molecule has 3 atom stereocenters. The molecule has 0 radical (unpaired) electrons. The fourth-order valence-corrected chi connectivity index (χ4v) is 5.26. The highest BCUT2D eigenvalue weighted by molar-refractivity contribution is 5.96. The molecule has 3 aromatic rings. The summed E-state index contributed by atoms with van der Waals surface area (Å²) in [5.41, 5.74) is 3.41. The van der Waals surface area contributed by atoms with Crippen molar-refractivity contribution in [3.05, 3.63) is 77.2 Å². The van der Waals surface area contributed by atoms with E-state index >= 15 is 0 Å². The Balaban J connectivity index is 1.42. The smallest absolute Gasteiger partial charge is 0.326 e. The van der Waals surface area contributed by atoms with Crippen LogP contribution in [0.25, 0.3) is 11.5 Å². The maximum Gasteiger partial charge on any atom is 0.326 e. The van der Waals surface area contributed by atoms with E-state index in [1.807, 2.05) is 58.0 Å². The van der Waals surface area contributed by atoms with E-state index in [1.165, 1.54) is 5.56 Å². The minimum Gasteiger partial charge on any atom is -0.480 e. The van der Waals surface area contributed by atoms with Gasteiger partial charge < -0.3 is 19.2 Å². The van der Waals surface area contributed by atoms with Gasteiger partial charge in [-0.05, 0) is 69.2 Å². The van der Waals surface area contributed by atoms with Crippen LogP contribution in [0.5, 0.6) is 0 Å². The monoisotopic (exact) mass is 518 g/mol. The van der Waals surface area contributed by atoms with Crippen LogP contribution in [0, 0.1) is 25.7 Å². The van der Waals surface area contributed by atoms with Crippen molar-refractivity contribution < 1.29 is 23.8 Å². The molecule has 0 aliphatic heterocycles. The molecule has 1 N–H and O–H groups in total. The first-order valence-electron chi connectivity index (χ1n) is 13.5. The first-order chi connectivity index (χ1) is 18.2. The number of ether oxygens (including phenoxy) is 1. The zero-order chi connectivity index (χ0) is 27.2. The lowest BCUT2D eigenvalue weighted by atomic mass is 9.86. The quantitative estimate of drug-likeness (QED) is 0.339. The lowest BCUT2D eigenvalue weighted by molar-refractivity contribution is -0.144. The van der Waals surface area contributed by atoms with Crippen LogP contribution in [-0.2, 0) is 16.1 Å². The van der Waals surface area contributed by atoms with Gasteiger partial charge in [-0.25, -0.2) is 9.78 Å². The largest absolute Gasteiger partial charge is 0.480 e. The maximum absolute atomic E-state index is 13.4. The molecular weight excluding hydrogens is 480 g/mol. The number of benzene rings is 2. The Labute approximate surface area is 224 Å². The number of rotatable bonds is 10. The molecule has 1 heterocycles. The van der Waals surface area contributed by atoms with Crippen molar-refractivity contribution in [3.8, 4) is 11.5 Å². The predicted molar refractivity (Wildman–Crippen MR) is 146 cm³/mol. The number of carboxylic acid groups (broad SMARTS) is 1. The number of carbonyl (C=O) groups excluding carboxylic acids is 1. The van der Waals surface area contributed by atoms with Gasteiger partial charge in [-0.15, -0.1) is 0 Å². The summed E-state index contributed by atoms with van der Waals surface area (Å²) >= 11 is 0. The highest BCUT2D eigenvalue weighted by Crippen LogP contribution is 2.30. The Morgan fingerprint density at radius 2 is 1.79 bits per heavy atom. The first kappa shape index (κ1) is 27.6. The third-order valence-electron chi connectivity index (χ3n) is 7.34. The summed E-state index contributed by atoms with van der Waals surface area (Å²) in [6, 6.07) is 16.1. The van der Waals surface area contributed by atoms with Gasteiger partial charge in [0.25, 0.3) is 5.91 Å². The fraction of sp³-hybridized carbons (Fsp3) is 0.452. The summed E-state index contributed by atoms with van der Waals surface area (Å²) in [6.07, 6.45) is 3.61. The van der Waals surface area contributed by atoms with Gasteiger partial charge in [0.1, 0.15) is 17.5 Å². The maximum atomic E-state index is 13.4. The molecule has 0 spiro atoms. The van der Waals surface area contributed by atoms with Crippen LogP contribution < -0.4 is 0 Å². The van der Waals surface area contributed by atoms with E-state index in [-0.39, 0.29) is 23.8 Å². The molecule has 4 rings (SSSR count). The molecule has 1 fully saturated rings. The van der Waals surface area contributed by atoms with Crippen molar-refractivity contribution in [1.82, 2.24) is 9.88 Å². The van der Waals surface area contributed by atoms with Crippen molar-refractivity contribution in [3.63, 3.8) is 0 Å². The van der Waals surface area contributed by atoms with Crippen LogP contribution in [0.1, 0.15) is 66.9 Å². The van der Waals surface area contributed by atoms with Gasteiger partial charge in [0.05, 0.1) is 12.7 Å². The predicted octanol–water partition coefficient (Wildman–Crippen LogP) is 6.29. The van der Waals surface area contributed by atoms with Gasteiger partial charge in [-0.1, -0.05) is 56.2 Å². The van der Waals surface area contributed by atoms with Crippen molar-refractivity contribution in [1.29, 1.82) is 0 Å². The molecule has 3 unspecified atom stereocenters. The fourth-order valence-electron chi connectivity index (χ4n) is 5.26. The second-order valence-electron chi connectivity index (χ2n) is 10.7. The zero-order valence-corrected chi connectivity index (χ0v) is 22.7. The Morgan fingerprint density at radius 1 is 1.08 bits per heavy atom. The van der Waals surface area contributed by atoms with Gasteiger partial charge in [-0.3, -0.25) is 4.79 Å². The highest BCUT2D eigenvalue weighted by Gasteiger charge is 2.35. The number of carboxylic acids is 1. The Kier molecular flexibility index (Phi) is 9.00. The molecule has 1 aliphatic carbocycles. The average Bonchev–Trinajstić information content (AvgIpc) is 3.27. The molecule has 0 bridgehead atoms. The molecule has 1 saturated carbocycles. The second kappa shape index (κ2) is 12.4. The van der Waals surface area contributed by atoms with Gasteiger partial charge in [0.2, 0.25) is 5.89 Å².